The van der Waals surface area contributed by atoms with Crippen LogP contribution in [0.15, 0.2) is 0 Å². The van der Waals surface area contributed by atoms with Crippen molar-refractivity contribution in [1.82, 2.24) is 5.32 Å². The molecular formula is C18H32N2O5Si. The van der Waals surface area contributed by atoms with E-state index in [9.17, 15) is 10.1 Å². The summed E-state index contributed by atoms with van der Waals surface area (Å²) in [7, 11) is -0.646. The minimum Gasteiger partial charge on any atom is -0.468 e. The van der Waals surface area contributed by atoms with E-state index in [0.29, 0.717) is 6.61 Å². The Morgan fingerprint density at radius 1 is 1.31 bits per heavy atom. The predicted molar refractivity (Wildman–Crippen MR) is 98.8 cm³/mol. The van der Waals surface area contributed by atoms with Crippen LogP contribution in [-0.2, 0) is 23.4 Å². The fourth-order valence-electron chi connectivity index (χ4n) is 3.19. The number of nitrogens with zero attached hydrogens (tertiary/aromatic N) is 1. The first-order valence-corrected chi connectivity index (χ1v) is 12.0. The van der Waals surface area contributed by atoms with Crippen molar-refractivity contribution in [3.8, 4) is 6.07 Å². The van der Waals surface area contributed by atoms with Crippen LogP contribution in [0.2, 0.25) is 18.1 Å². The summed E-state index contributed by atoms with van der Waals surface area (Å²) >= 11 is 0. The molecule has 0 aliphatic carbocycles. The van der Waals surface area contributed by atoms with Crippen LogP contribution in [0.5, 0.6) is 0 Å². The lowest BCUT2D eigenvalue weighted by molar-refractivity contribution is -0.162. The smallest absolute Gasteiger partial charge is 0.324 e. The van der Waals surface area contributed by atoms with Gasteiger partial charge >= 0.3 is 5.97 Å². The van der Waals surface area contributed by atoms with Crippen LogP contribution in [0.25, 0.3) is 0 Å². The largest absolute Gasteiger partial charge is 0.468 e. The molecule has 0 radical (unpaired) electrons. The molecule has 26 heavy (non-hydrogen) atoms. The summed E-state index contributed by atoms with van der Waals surface area (Å²) in [5, 5.41) is 12.9. The van der Waals surface area contributed by atoms with Crippen molar-refractivity contribution in [3.63, 3.8) is 0 Å². The Kier molecular flexibility index (Phi) is 5.91. The number of fused-ring (bicyclic) bond motifs is 1. The van der Waals surface area contributed by atoms with E-state index in [1.54, 1.807) is 0 Å². The number of carbonyl (C=O) groups excluding carboxylic acids is 1. The molecule has 2 rings (SSSR count). The maximum absolute atomic E-state index is 12.0. The van der Waals surface area contributed by atoms with Crippen LogP contribution < -0.4 is 5.32 Å². The van der Waals surface area contributed by atoms with Gasteiger partial charge in [-0.2, -0.15) is 5.26 Å². The first-order chi connectivity index (χ1) is 11.8. The third-order valence-electron chi connectivity index (χ3n) is 5.70. The fourth-order valence-corrected chi connectivity index (χ4v) is 4.22. The first kappa shape index (κ1) is 21.3. The molecule has 0 spiro atoms. The van der Waals surface area contributed by atoms with E-state index in [0.717, 1.165) is 0 Å². The van der Waals surface area contributed by atoms with Crippen LogP contribution in [0.4, 0.5) is 0 Å². The first-order valence-electron chi connectivity index (χ1n) is 9.06. The molecule has 0 amide bonds. The maximum atomic E-state index is 12.0. The highest BCUT2D eigenvalue weighted by Gasteiger charge is 2.57. The summed E-state index contributed by atoms with van der Waals surface area (Å²) < 4.78 is 23.2. The molecule has 8 heteroatoms. The molecule has 0 bridgehead atoms. The zero-order chi connectivity index (χ0) is 19.9. The Morgan fingerprint density at radius 2 is 1.88 bits per heavy atom. The second-order valence-electron chi connectivity index (χ2n) is 9.06. The van der Waals surface area contributed by atoms with Gasteiger partial charge in [0.25, 0.3) is 0 Å². The average molecular weight is 385 g/mol. The molecule has 1 N–H and O–H groups in total. The number of esters is 1. The zero-order valence-electron chi connectivity index (χ0n) is 17.1. The summed E-state index contributed by atoms with van der Waals surface area (Å²) in [4.78, 5) is 12.0. The summed E-state index contributed by atoms with van der Waals surface area (Å²) in [6.07, 6.45) is -0.679. The number of hydrogen-bond acceptors (Lipinski definition) is 7. The van der Waals surface area contributed by atoms with Gasteiger partial charge in [-0.1, -0.05) is 20.8 Å². The minimum absolute atomic E-state index is 0.0952. The molecular weight excluding hydrogens is 352 g/mol. The lowest BCUT2D eigenvalue weighted by Gasteiger charge is -2.37. The van der Waals surface area contributed by atoms with Gasteiger partial charge in [-0.15, -0.1) is 0 Å². The molecule has 2 fully saturated rings. The number of ether oxygens (including phenoxy) is 3. The molecule has 0 aromatic carbocycles. The predicted octanol–water partition coefficient (Wildman–Crippen LogP) is 2.18. The molecule has 1 unspecified atom stereocenters. The quantitative estimate of drug-likeness (QED) is 0.574. The molecule has 2 aliphatic rings. The maximum Gasteiger partial charge on any atom is 0.324 e. The van der Waals surface area contributed by atoms with Crippen LogP contribution in [0, 0.1) is 17.2 Å². The van der Waals surface area contributed by atoms with Gasteiger partial charge in [-0.3, -0.25) is 4.79 Å². The summed E-state index contributed by atoms with van der Waals surface area (Å²) in [5.41, 5.74) is 0. The molecule has 2 aliphatic heterocycles. The molecule has 0 aromatic heterocycles. The van der Waals surface area contributed by atoms with E-state index in [1.165, 1.54) is 7.11 Å². The van der Waals surface area contributed by atoms with Gasteiger partial charge in [0.05, 0.1) is 31.9 Å². The van der Waals surface area contributed by atoms with E-state index < -0.39 is 38.1 Å². The normalized spacial score (nSPS) is 32.0. The third-order valence-corrected chi connectivity index (χ3v) is 10.2. The second kappa shape index (κ2) is 7.21. The van der Waals surface area contributed by atoms with Gasteiger partial charge in [-0.05, 0) is 32.0 Å². The average Bonchev–Trinajstić information content (AvgIpc) is 2.99. The Labute approximate surface area is 157 Å². The van der Waals surface area contributed by atoms with Crippen molar-refractivity contribution < 1.29 is 23.4 Å². The molecule has 0 aromatic rings. The topological polar surface area (TPSA) is 89.8 Å². The molecule has 2 heterocycles. The highest BCUT2D eigenvalue weighted by atomic mass is 28.4. The van der Waals surface area contributed by atoms with Gasteiger partial charge in [0.1, 0.15) is 12.2 Å². The lowest BCUT2D eigenvalue weighted by Crippen LogP contribution is -2.49. The number of nitriles is 1. The van der Waals surface area contributed by atoms with Crippen molar-refractivity contribution in [3.05, 3.63) is 0 Å². The SMILES string of the molecule is COC(=O)C(C#N)[C@@H]1N[C@H](CO[Si](C)(C)C(C)(C)C)[C@H]2OC(C)(C)O[C@H]21. The van der Waals surface area contributed by atoms with Crippen LogP contribution in [0.1, 0.15) is 34.6 Å². The van der Waals surface area contributed by atoms with Gasteiger partial charge in [0.2, 0.25) is 0 Å². The minimum atomic E-state index is -1.93. The van der Waals surface area contributed by atoms with Gasteiger partial charge in [0.15, 0.2) is 20.0 Å². The highest BCUT2D eigenvalue weighted by Crippen LogP contribution is 2.40. The van der Waals surface area contributed by atoms with E-state index in [4.69, 9.17) is 18.6 Å². The van der Waals surface area contributed by atoms with Gasteiger partial charge in [-0.25, -0.2) is 0 Å². The number of nitrogens with one attached hydrogen (secondary N) is 1. The van der Waals surface area contributed by atoms with Crippen molar-refractivity contribution in [1.29, 1.82) is 5.26 Å². The summed E-state index contributed by atoms with van der Waals surface area (Å²) in [6, 6.07) is 1.40. The van der Waals surface area contributed by atoms with Crippen molar-refractivity contribution in [2.24, 2.45) is 5.92 Å². The van der Waals surface area contributed by atoms with Gasteiger partial charge in [0, 0.05) is 0 Å². The Bertz CT molecular complexity index is 581. The number of hydrogen-bond donors (Lipinski definition) is 1. The van der Waals surface area contributed by atoms with Crippen LogP contribution in [-0.4, -0.2) is 58.1 Å². The molecule has 0 saturated carbocycles. The monoisotopic (exact) mass is 384 g/mol. The molecule has 148 valence electrons. The fraction of sp³-hybridized carbons (Fsp3) is 0.889. The summed E-state index contributed by atoms with van der Waals surface area (Å²) in [6.45, 7) is 15.1. The summed E-state index contributed by atoms with van der Waals surface area (Å²) in [5.74, 6) is -2.29. The van der Waals surface area contributed by atoms with E-state index in [-0.39, 0.29) is 17.2 Å². The highest BCUT2D eigenvalue weighted by molar-refractivity contribution is 6.74. The molecule has 7 nitrogen and oxygen atoms in total. The zero-order valence-corrected chi connectivity index (χ0v) is 18.1. The van der Waals surface area contributed by atoms with Crippen molar-refractivity contribution in [2.75, 3.05) is 13.7 Å². The van der Waals surface area contributed by atoms with Crippen LogP contribution in [0.3, 0.4) is 0 Å². The molecule has 2 saturated heterocycles. The lowest BCUT2D eigenvalue weighted by atomic mass is 9.96. The van der Waals surface area contributed by atoms with Crippen molar-refractivity contribution >= 4 is 14.3 Å². The van der Waals surface area contributed by atoms with Gasteiger partial charge < -0.3 is 24.0 Å². The Morgan fingerprint density at radius 3 is 2.38 bits per heavy atom. The number of rotatable bonds is 5. The molecule has 5 atom stereocenters. The third kappa shape index (κ3) is 4.12. The Balaban J connectivity index is 2.18. The number of methoxy groups -OCH3 is 1. The Hall–Kier alpha value is -0.983. The van der Waals surface area contributed by atoms with E-state index in [1.807, 2.05) is 19.9 Å². The number of carbonyl (C=O) groups is 1. The second-order valence-corrected chi connectivity index (χ2v) is 13.9. The van der Waals surface area contributed by atoms with E-state index >= 15 is 0 Å². The van der Waals surface area contributed by atoms with Crippen LogP contribution >= 0.6 is 0 Å². The standard InChI is InChI=1S/C18H32N2O5Si/c1-17(2,3)26(7,8)23-10-12-14-15(25-18(4,5)24-14)13(20-12)11(9-19)16(21)22-6/h11-15,20H,10H2,1-8H3/t11?,12-,13+,14-,15+/m1/s1. The van der Waals surface area contributed by atoms with Crippen molar-refractivity contribution in [2.45, 2.75) is 82.8 Å². The van der Waals surface area contributed by atoms with E-state index in [2.05, 4.69) is 39.2 Å².